The van der Waals surface area contributed by atoms with Crippen molar-refractivity contribution in [3.63, 3.8) is 0 Å². The first-order valence-electron chi connectivity index (χ1n) is 4.41. The standard InChI is InChI=1S/C10H13.H2O.Sn.2H/c1-9(2)8-10-6-4-3-5-7-10;;;;/h3-9H,1-2H3;1H2;;;/q;;+1;;/p-1. The molecule has 1 aromatic carbocycles. The van der Waals surface area contributed by atoms with Crippen LogP contribution in [0.5, 0.6) is 0 Å². The Bertz CT molecular complexity index is 221. The van der Waals surface area contributed by atoms with Gasteiger partial charge in [-0.1, -0.05) is 0 Å². The van der Waals surface area contributed by atoms with Gasteiger partial charge in [-0.05, 0) is 0 Å². The summed E-state index contributed by atoms with van der Waals surface area (Å²) >= 11 is -1.51. The van der Waals surface area contributed by atoms with Gasteiger partial charge in [-0.25, -0.2) is 0 Å². The molecule has 1 atom stereocenters. The predicted octanol–water partition coefficient (Wildman–Crippen LogP) is 1.46. The second-order valence-corrected chi connectivity index (χ2v) is 7.00. The van der Waals surface area contributed by atoms with E-state index in [1.165, 1.54) is 5.56 Å². The van der Waals surface area contributed by atoms with Crippen LogP contribution < -0.4 is 0 Å². The SMILES string of the molecule is CC(C)[CH]([SnH2][OH])c1ccccc1. The Balaban J connectivity index is 2.80. The first-order valence-corrected chi connectivity index (χ1v) is 8.55. The van der Waals surface area contributed by atoms with Gasteiger partial charge >= 0.3 is 84.6 Å². The molecule has 0 aliphatic carbocycles. The molecule has 0 bridgehead atoms. The van der Waals surface area contributed by atoms with Crippen LogP contribution in [0.3, 0.4) is 0 Å². The van der Waals surface area contributed by atoms with Crippen molar-refractivity contribution >= 4 is 21.6 Å². The van der Waals surface area contributed by atoms with Gasteiger partial charge in [0.2, 0.25) is 0 Å². The molecule has 66 valence electrons. The average molecular weight is 271 g/mol. The van der Waals surface area contributed by atoms with Gasteiger partial charge in [0.15, 0.2) is 0 Å². The molecule has 0 aliphatic heterocycles. The summed E-state index contributed by atoms with van der Waals surface area (Å²) in [6.07, 6.45) is 0. The Morgan fingerprint density at radius 1 is 1.17 bits per heavy atom. The molecule has 1 rings (SSSR count). The molecule has 12 heavy (non-hydrogen) atoms. The number of benzene rings is 1. The maximum absolute atomic E-state index is 9.36. The molecule has 0 aliphatic rings. The third-order valence-corrected chi connectivity index (χ3v) is 7.39. The molecule has 1 unspecified atom stereocenters. The van der Waals surface area contributed by atoms with Crippen molar-refractivity contribution < 1.29 is 3.44 Å². The summed E-state index contributed by atoms with van der Waals surface area (Å²) in [4.78, 5) is 0. The molecule has 1 N–H and O–H groups in total. The quantitative estimate of drug-likeness (QED) is 0.825. The van der Waals surface area contributed by atoms with E-state index >= 15 is 0 Å². The first-order chi connectivity index (χ1) is 5.75. The van der Waals surface area contributed by atoms with Gasteiger partial charge in [0, 0.05) is 0 Å². The van der Waals surface area contributed by atoms with Crippen LogP contribution in [0.15, 0.2) is 30.3 Å². The van der Waals surface area contributed by atoms with Crippen LogP contribution in [0, 0.1) is 5.92 Å². The number of hydrogen-bond acceptors (Lipinski definition) is 1. The third-order valence-electron chi connectivity index (χ3n) is 2.23. The second-order valence-electron chi connectivity index (χ2n) is 3.44. The van der Waals surface area contributed by atoms with Crippen molar-refractivity contribution in [2.24, 2.45) is 5.92 Å². The van der Waals surface area contributed by atoms with E-state index in [0.29, 0.717) is 9.85 Å². The van der Waals surface area contributed by atoms with E-state index in [0.717, 1.165) is 0 Å². The zero-order valence-corrected chi connectivity index (χ0v) is 11.7. The van der Waals surface area contributed by atoms with Crippen molar-refractivity contribution in [1.29, 1.82) is 0 Å². The van der Waals surface area contributed by atoms with Crippen molar-refractivity contribution in [2.45, 2.75) is 17.8 Å². The fourth-order valence-electron chi connectivity index (χ4n) is 1.40. The molecule has 0 saturated heterocycles. The fourth-order valence-corrected chi connectivity index (χ4v) is 3.98. The van der Waals surface area contributed by atoms with Crippen LogP contribution in [0.2, 0.25) is 0 Å². The normalized spacial score (nSPS) is 14.3. The maximum atomic E-state index is 9.36. The van der Waals surface area contributed by atoms with Gasteiger partial charge < -0.3 is 0 Å². The van der Waals surface area contributed by atoms with Gasteiger partial charge in [-0.3, -0.25) is 0 Å². The zero-order valence-electron chi connectivity index (χ0n) is 7.70. The molecule has 1 nitrogen and oxygen atoms in total. The van der Waals surface area contributed by atoms with Crippen LogP contribution in [0.25, 0.3) is 0 Å². The summed E-state index contributed by atoms with van der Waals surface area (Å²) in [7, 11) is 0. The van der Waals surface area contributed by atoms with Crippen LogP contribution >= 0.6 is 0 Å². The molecular formula is C10H16OSn. The Labute approximate surface area is 84.6 Å². The van der Waals surface area contributed by atoms with E-state index < -0.39 is 21.6 Å². The molecule has 0 aromatic heterocycles. The van der Waals surface area contributed by atoms with Crippen LogP contribution in [-0.4, -0.2) is 25.0 Å². The van der Waals surface area contributed by atoms with Crippen molar-refractivity contribution in [3.8, 4) is 0 Å². The Morgan fingerprint density at radius 2 is 1.75 bits per heavy atom. The van der Waals surface area contributed by atoms with Crippen LogP contribution in [0.4, 0.5) is 0 Å². The van der Waals surface area contributed by atoms with Gasteiger partial charge in [0.05, 0.1) is 0 Å². The van der Waals surface area contributed by atoms with E-state index in [1.54, 1.807) is 0 Å². The van der Waals surface area contributed by atoms with E-state index in [1.807, 2.05) is 18.2 Å². The number of hydrogen-bond donors (Lipinski definition) is 1. The number of rotatable bonds is 3. The topological polar surface area (TPSA) is 20.2 Å². The van der Waals surface area contributed by atoms with Crippen LogP contribution in [-0.2, 0) is 0 Å². The Morgan fingerprint density at radius 3 is 2.17 bits per heavy atom. The first kappa shape index (κ1) is 10.1. The van der Waals surface area contributed by atoms with E-state index in [4.69, 9.17) is 0 Å². The molecule has 2 heteroatoms. The molecule has 1 aromatic rings. The second kappa shape index (κ2) is 4.87. The van der Waals surface area contributed by atoms with Crippen molar-refractivity contribution in [1.82, 2.24) is 0 Å². The van der Waals surface area contributed by atoms with Crippen molar-refractivity contribution in [2.75, 3.05) is 0 Å². The summed E-state index contributed by atoms with van der Waals surface area (Å²) in [5, 5.41) is 0. The predicted molar refractivity (Wildman–Crippen MR) is 54.8 cm³/mol. The van der Waals surface area contributed by atoms with Gasteiger partial charge in [-0.2, -0.15) is 0 Å². The zero-order chi connectivity index (χ0) is 8.97. The molecule has 0 amide bonds. The molecular weight excluding hydrogens is 255 g/mol. The molecule has 0 heterocycles. The van der Waals surface area contributed by atoms with Gasteiger partial charge in [0.1, 0.15) is 0 Å². The molecule has 0 fully saturated rings. The van der Waals surface area contributed by atoms with Crippen LogP contribution in [0.1, 0.15) is 23.3 Å². The molecule has 0 saturated carbocycles. The average Bonchev–Trinajstić information content (AvgIpc) is 2.07. The molecule has 0 spiro atoms. The Hall–Kier alpha value is -0.0213. The minimum atomic E-state index is -1.51. The van der Waals surface area contributed by atoms with Crippen molar-refractivity contribution in [3.05, 3.63) is 35.9 Å². The van der Waals surface area contributed by atoms with Gasteiger partial charge in [-0.15, -0.1) is 0 Å². The van der Waals surface area contributed by atoms with E-state index in [-0.39, 0.29) is 0 Å². The fraction of sp³-hybridized carbons (Fsp3) is 0.400. The third kappa shape index (κ3) is 2.49. The summed E-state index contributed by atoms with van der Waals surface area (Å²) in [6, 6.07) is 10.4. The monoisotopic (exact) mass is 272 g/mol. The van der Waals surface area contributed by atoms with Gasteiger partial charge in [0.25, 0.3) is 0 Å². The summed E-state index contributed by atoms with van der Waals surface area (Å²) in [5.41, 5.74) is 1.32. The summed E-state index contributed by atoms with van der Waals surface area (Å²) < 4.78 is 9.85. The van der Waals surface area contributed by atoms with E-state index in [9.17, 15) is 3.44 Å². The summed E-state index contributed by atoms with van der Waals surface area (Å²) in [5.74, 6) is 0.591. The Kier molecular flexibility index (Phi) is 4.09. The van der Waals surface area contributed by atoms with E-state index in [2.05, 4.69) is 26.0 Å². The minimum absolute atomic E-state index is 0.494. The molecule has 0 radical (unpaired) electrons. The summed E-state index contributed by atoms with van der Waals surface area (Å²) in [6.45, 7) is 4.37.